The number of nitrogens with one attached hydrogen (secondary N) is 2. The van der Waals surface area contributed by atoms with Gasteiger partial charge in [-0.15, -0.1) is 0 Å². The van der Waals surface area contributed by atoms with Gasteiger partial charge in [0.25, 0.3) is 0 Å². The Labute approximate surface area is 181 Å². The fourth-order valence-electron chi connectivity index (χ4n) is 5.52. The zero-order valence-electron chi connectivity index (χ0n) is 17.8. The summed E-state index contributed by atoms with van der Waals surface area (Å²) in [6, 6.07) is 9.67. The van der Waals surface area contributed by atoms with Gasteiger partial charge in [0.2, 0.25) is 0 Å². The number of anilines is 2. The summed E-state index contributed by atoms with van der Waals surface area (Å²) in [7, 11) is 0. The lowest BCUT2D eigenvalue weighted by Crippen LogP contribution is -2.51. The number of hydrogen-bond acceptors (Lipinski definition) is 7. The number of nitrogen functional groups attached to an aromatic ring is 1. The number of hydrogen-bond donors (Lipinski definition) is 3. The standard InChI is InChI=1S/C23H29N7O/c1-13-6-21(29-28-13)19-5-4-18-20(26-19)9-22(24)27-23(18)25-15-7-16-2-3-17(8-15)30(16)10-14-11-31-12-14/h4-6,9,14-17H,2-3,7-8,10-12H2,1H3,(H,28,29)(H3,24,25,27). The minimum absolute atomic E-state index is 0.414. The van der Waals surface area contributed by atoms with E-state index in [4.69, 9.17) is 15.5 Å². The molecule has 3 aromatic heterocycles. The first-order chi connectivity index (χ1) is 15.1. The molecule has 3 aromatic rings. The maximum atomic E-state index is 6.16. The number of aromatic nitrogens is 4. The molecule has 31 heavy (non-hydrogen) atoms. The van der Waals surface area contributed by atoms with Crippen LogP contribution in [0.4, 0.5) is 11.6 Å². The second kappa shape index (κ2) is 7.46. The highest BCUT2D eigenvalue weighted by atomic mass is 16.5. The Morgan fingerprint density at radius 2 is 1.94 bits per heavy atom. The summed E-state index contributed by atoms with van der Waals surface area (Å²) in [5.74, 6) is 2.06. The molecule has 6 heterocycles. The van der Waals surface area contributed by atoms with Crippen LogP contribution in [0.15, 0.2) is 24.3 Å². The lowest BCUT2D eigenvalue weighted by atomic mass is 9.95. The van der Waals surface area contributed by atoms with Crippen molar-refractivity contribution in [2.75, 3.05) is 30.8 Å². The van der Waals surface area contributed by atoms with Crippen molar-refractivity contribution in [3.05, 3.63) is 30.0 Å². The molecule has 0 aromatic carbocycles. The lowest BCUT2D eigenvalue weighted by Gasteiger charge is -2.42. The van der Waals surface area contributed by atoms with Crippen molar-refractivity contribution in [2.24, 2.45) is 5.92 Å². The predicted octanol–water partition coefficient (Wildman–Crippen LogP) is 2.96. The smallest absolute Gasteiger partial charge is 0.138 e. The van der Waals surface area contributed by atoms with E-state index >= 15 is 0 Å². The fourth-order valence-corrected chi connectivity index (χ4v) is 5.52. The van der Waals surface area contributed by atoms with Gasteiger partial charge < -0.3 is 15.8 Å². The summed E-state index contributed by atoms with van der Waals surface area (Å²) >= 11 is 0. The maximum absolute atomic E-state index is 6.16. The number of H-pyrrole nitrogens is 1. The van der Waals surface area contributed by atoms with Crippen LogP contribution >= 0.6 is 0 Å². The summed E-state index contributed by atoms with van der Waals surface area (Å²) in [5, 5.41) is 12.0. The fraction of sp³-hybridized carbons (Fsp3) is 0.522. The number of ether oxygens (including phenoxy) is 1. The van der Waals surface area contributed by atoms with Gasteiger partial charge in [-0.25, -0.2) is 9.97 Å². The van der Waals surface area contributed by atoms with Gasteiger partial charge in [0.1, 0.15) is 17.3 Å². The number of pyridine rings is 2. The van der Waals surface area contributed by atoms with Gasteiger partial charge in [0, 0.05) is 47.7 Å². The first kappa shape index (κ1) is 19.0. The van der Waals surface area contributed by atoms with Crippen molar-refractivity contribution < 1.29 is 4.74 Å². The Bertz CT molecular complexity index is 1090. The van der Waals surface area contributed by atoms with E-state index in [-0.39, 0.29) is 0 Å². The molecule has 3 aliphatic heterocycles. The number of fused-ring (bicyclic) bond motifs is 3. The number of aryl methyl sites for hydroxylation is 1. The van der Waals surface area contributed by atoms with E-state index in [2.05, 4.69) is 31.5 Å². The van der Waals surface area contributed by atoms with Gasteiger partial charge in [-0.05, 0) is 50.8 Å². The molecule has 6 rings (SSSR count). The van der Waals surface area contributed by atoms with Crippen LogP contribution in [0.5, 0.6) is 0 Å². The topological polar surface area (TPSA) is 105 Å². The molecule has 162 valence electrons. The molecule has 2 bridgehead atoms. The Balaban J connectivity index is 1.23. The minimum Gasteiger partial charge on any atom is -0.384 e. The zero-order chi connectivity index (χ0) is 20.9. The lowest BCUT2D eigenvalue weighted by molar-refractivity contribution is -0.0568. The van der Waals surface area contributed by atoms with Crippen molar-refractivity contribution in [3.63, 3.8) is 0 Å². The van der Waals surface area contributed by atoms with Gasteiger partial charge >= 0.3 is 0 Å². The maximum Gasteiger partial charge on any atom is 0.138 e. The van der Waals surface area contributed by atoms with E-state index in [1.54, 1.807) is 0 Å². The Hall–Kier alpha value is -2.71. The molecule has 3 saturated heterocycles. The number of rotatable bonds is 5. The quantitative estimate of drug-likeness (QED) is 0.584. The average molecular weight is 420 g/mol. The molecule has 0 saturated carbocycles. The molecule has 8 nitrogen and oxygen atoms in total. The van der Waals surface area contributed by atoms with Crippen molar-refractivity contribution >= 4 is 22.5 Å². The second-order valence-corrected chi connectivity index (χ2v) is 9.39. The molecule has 3 aliphatic rings. The van der Waals surface area contributed by atoms with Crippen LogP contribution in [0.25, 0.3) is 22.3 Å². The van der Waals surface area contributed by atoms with E-state index in [1.165, 1.54) is 19.4 Å². The van der Waals surface area contributed by atoms with Crippen LogP contribution in [0, 0.1) is 12.8 Å². The highest BCUT2D eigenvalue weighted by molar-refractivity contribution is 5.92. The van der Waals surface area contributed by atoms with Crippen LogP contribution in [0.2, 0.25) is 0 Å². The van der Waals surface area contributed by atoms with E-state index in [0.717, 1.165) is 65.8 Å². The van der Waals surface area contributed by atoms with Gasteiger partial charge in [-0.3, -0.25) is 10.00 Å². The molecule has 4 N–H and O–H groups in total. The van der Waals surface area contributed by atoms with E-state index < -0.39 is 0 Å². The SMILES string of the molecule is Cc1cc(-c2ccc3c(NC4CC5CCC(C4)N5CC4COC4)nc(N)cc3n2)n[nH]1. The van der Waals surface area contributed by atoms with Crippen molar-refractivity contribution in [1.29, 1.82) is 0 Å². The van der Waals surface area contributed by atoms with Gasteiger partial charge in [0.15, 0.2) is 0 Å². The molecule has 2 atom stereocenters. The van der Waals surface area contributed by atoms with Crippen LogP contribution in [-0.2, 0) is 4.74 Å². The Kier molecular flexibility index (Phi) is 4.57. The molecule has 0 spiro atoms. The van der Waals surface area contributed by atoms with E-state index in [9.17, 15) is 0 Å². The highest BCUT2D eigenvalue weighted by Crippen LogP contribution is 2.38. The summed E-state index contributed by atoms with van der Waals surface area (Å²) in [6.45, 7) is 5.05. The molecule has 2 unspecified atom stereocenters. The molecule has 3 fully saturated rings. The summed E-state index contributed by atoms with van der Waals surface area (Å²) in [5.41, 5.74) is 9.69. The number of nitrogens with zero attached hydrogens (tertiary/aromatic N) is 4. The van der Waals surface area contributed by atoms with Crippen molar-refractivity contribution in [3.8, 4) is 11.4 Å². The van der Waals surface area contributed by atoms with Crippen molar-refractivity contribution in [1.82, 2.24) is 25.1 Å². The van der Waals surface area contributed by atoms with Crippen LogP contribution in [0.1, 0.15) is 31.4 Å². The normalized spacial score (nSPS) is 26.3. The molecule has 0 aliphatic carbocycles. The van der Waals surface area contributed by atoms with E-state index in [0.29, 0.717) is 23.9 Å². The zero-order valence-corrected chi connectivity index (χ0v) is 17.8. The highest BCUT2D eigenvalue weighted by Gasteiger charge is 2.42. The largest absolute Gasteiger partial charge is 0.384 e. The van der Waals surface area contributed by atoms with Crippen LogP contribution in [0.3, 0.4) is 0 Å². The summed E-state index contributed by atoms with van der Waals surface area (Å²) < 4.78 is 5.39. The van der Waals surface area contributed by atoms with Gasteiger partial charge in [-0.2, -0.15) is 5.10 Å². The average Bonchev–Trinajstić information content (AvgIpc) is 3.24. The Morgan fingerprint density at radius 1 is 1.13 bits per heavy atom. The first-order valence-corrected chi connectivity index (χ1v) is 11.3. The van der Waals surface area contributed by atoms with E-state index in [1.807, 2.05) is 25.1 Å². The van der Waals surface area contributed by atoms with Crippen molar-refractivity contribution in [2.45, 2.75) is 50.7 Å². The Morgan fingerprint density at radius 3 is 2.61 bits per heavy atom. The van der Waals surface area contributed by atoms with Gasteiger partial charge in [-0.1, -0.05) is 0 Å². The first-order valence-electron chi connectivity index (χ1n) is 11.3. The monoisotopic (exact) mass is 419 g/mol. The number of aromatic amines is 1. The second-order valence-electron chi connectivity index (χ2n) is 9.39. The van der Waals surface area contributed by atoms with Crippen LogP contribution in [-0.4, -0.2) is 62.9 Å². The number of nitrogens with two attached hydrogens (primary N) is 1. The third-order valence-corrected chi connectivity index (χ3v) is 7.08. The molecule has 0 radical (unpaired) electrons. The molecule has 0 amide bonds. The van der Waals surface area contributed by atoms with Gasteiger partial charge in [0.05, 0.1) is 24.4 Å². The molecular formula is C23H29N7O. The van der Waals surface area contributed by atoms with Crippen LogP contribution < -0.4 is 11.1 Å². The molecule has 8 heteroatoms. The third kappa shape index (κ3) is 3.53. The number of piperidine rings is 1. The third-order valence-electron chi connectivity index (χ3n) is 7.08. The summed E-state index contributed by atoms with van der Waals surface area (Å²) in [4.78, 5) is 12.2. The summed E-state index contributed by atoms with van der Waals surface area (Å²) in [6.07, 6.45) is 4.91. The minimum atomic E-state index is 0.414. The predicted molar refractivity (Wildman–Crippen MR) is 121 cm³/mol. The molecular weight excluding hydrogens is 390 g/mol.